The molecule has 0 N–H and O–H groups in total. The van der Waals surface area contributed by atoms with Crippen molar-refractivity contribution in [2.45, 2.75) is 52.0 Å². The van der Waals surface area contributed by atoms with Crippen molar-refractivity contribution in [3.05, 3.63) is 35.9 Å². The highest BCUT2D eigenvalue weighted by Gasteiger charge is 2.16. The Morgan fingerprint density at radius 2 is 1.94 bits per heavy atom. The minimum Gasteiger partial charge on any atom is -0.299 e. The molecule has 0 bridgehead atoms. The molecule has 0 amide bonds. The molecule has 1 saturated heterocycles. The van der Waals surface area contributed by atoms with Gasteiger partial charge >= 0.3 is 0 Å². The lowest BCUT2D eigenvalue weighted by Gasteiger charge is -2.20. The summed E-state index contributed by atoms with van der Waals surface area (Å²) in [6, 6.07) is 10.9. The molecule has 1 nitrogen and oxygen atoms in total. The summed E-state index contributed by atoms with van der Waals surface area (Å²) in [6.45, 7) is 6.03. The third kappa shape index (κ3) is 4.45. The summed E-state index contributed by atoms with van der Waals surface area (Å²) in [7, 11) is 0. The summed E-state index contributed by atoms with van der Waals surface area (Å²) < 4.78 is 0. The van der Waals surface area contributed by atoms with Crippen LogP contribution >= 0.6 is 0 Å². The highest BCUT2D eigenvalue weighted by molar-refractivity contribution is 5.14. The van der Waals surface area contributed by atoms with Crippen molar-refractivity contribution in [3.63, 3.8) is 0 Å². The molecular weight excluding hydrogens is 218 g/mol. The molecule has 18 heavy (non-hydrogen) atoms. The topological polar surface area (TPSA) is 3.24 Å². The Kier molecular flexibility index (Phi) is 5.73. The lowest BCUT2D eigenvalue weighted by atomic mass is 9.95. The molecule has 1 aliphatic heterocycles. The first-order valence-electron chi connectivity index (χ1n) is 7.64. The first-order valence-corrected chi connectivity index (χ1v) is 7.64. The van der Waals surface area contributed by atoms with Crippen LogP contribution < -0.4 is 0 Å². The maximum atomic E-state index is 2.64. The molecule has 0 aliphatic carbocycles. The van der Waals surface area contributed by atoms with Gasteiger partial charge < -0.3 is 0 Å². The van der Waals surface area contributed by atoms with Crippen LogP contribution in [0.3, 0.4) is 0 Å². The second-order valence-electron chi connectivity index (χ2n) is 5.70. The van der Waals surface area contributed by atoms with Crippen LogP contribution in [0.5, 0.6) is 0 Å². The fourth-order valence-corrected chi connectivity index (χ4v) is 3.01. The highest BCUT2D eigenvalue weighted by atomic mass is 15.1. The Morgan fingerprint density at radius 3 is 2.72 bits per heavy atom. The van der Waals surface area contributed by atoms with Crippen molar-refractivity contribution in [2.75, 3.05) is 13.1 Å². The molecule has 0 aromatic heterocycles. The fraction of sp³-hybridized carbons (Fsp3) is 0.647. The second-order valence-corrected chi connectivity index (χ2v) is 5.70. The Hall–Kier alpha value is -0.820. The fourth-order valence-electron chi connectivity index (χ4n) is 3.01. The zero-order valence-electron chi connectivity index (χ0n) is 11.8. The first kappa shape index (κ1) is 13.6. The van der Waals surface area contributed by atoms with Crippen LogP contribution in [0.15, 0.2) is 30.3 Å². The van der Waals surface area contributed by atoms with Crippen molar-refractivity contribution in [2.24, 2.45) is 5.92 Å². The predicted octanol–water partition coefficient (Wildman–Crippen LogP) is 4.48. The van der Waals surface area contributed by atoms with Crippen molar-refractivity contribution >= 4 is 0 Å². The molecule has 1 atom stereocenters. The van der Waals surface area contributed by atoms with E-state index in [1.165, 1.54) is 57.2 Å². The molecule has 1 heteroatoms. The Labute approximate surface area is 112 Å². The van der Waals surface area contributed by atoms with Crippen molar-refractivity contribution < 1.29 is 0 Å². The van der Waals surface area contributed by atoms with Gasteiger partial charge in [0.25, 0.3) is 0 Å². The van der Waals surface area contributed by atoms with E-state index in [1.54, 1.807) is 0 Å². The Morgan fingerprint density at radius 1 is 1.11 bits per heavy atom. The zero-order chi connectivity index (χ0) is 12.6. The van der Waals surface area contributed by atoms with Crippen LogP contribution in [0.2, 0.25) is 0 Å². The van der Waals surface area contributed by atoms with E-state index in [0.29, 0.717) is 0 Å². The van der Waals surface area contributed by atoms with Gasteiger partial charge in [-0.05, 0) is 43.8 Å². The Balaban J connectivity index is 1.78. The maximum Gasteiger partial charge on any atom is 0.0233 e. The maximum absolute atomic E-state index is 2.64. The Bertz CT molecular complexity index is 320. The minimum absolute atomic E-state index is 0.991. The number of hydrogen-bond donors (Lipinski definition) is 0. The molecule has 1 unspecified atom stereocenters. The number of rotatable bonds is 5. The van der Waals surface area contributed by atoms with Gasteiger partial charge in [0.1, 0.15) is 0 Å². The third-order valence-electron chi connectivity index (χ3n) is 4.16. The second kappa shape index (κ2) is 7.58. The molecule has 1 fully saturated rings. The lowest BCUT2D eigenvalue weighted by Crippen LogP contribution is -2.24. The molecule has 1 aliphatic rings. The average molecular weight is 245 g/mol. The van der Waals surface area contributed by atoms with Crippen LogP contribution in [0.1, 0.15) is 51.0 Å². The zero-order valence-corrected chi connectivity index (χ0v) is 11.8. The van der Waals surface area contributed by atoms with Gasteiger partial charge in [0.15, 0.2) is 0 Å². The van der Waals surface area contributed by atoms with E-state index in [4.69, 9.17) is 0 Å². The molecule has 0 saturated carbocycles. The molecule has 2 rings (SSSR count). The van der Waals surface area contributed by atoms with E-state index in [2.05, 4.69) is 42.2 Å². The van der Waals surface area contributed by atoms with E-state index in [1.807, 2.05) is 0 Å². The van der Waals surface area contributed by atoms with E-state index in [0.717, 1.165) is 12.5 Å². The molecule has 1 aromatic rings. The smallest absolute Gasteiger partial charge is 0.0233 e. The normalized spacial score (nSPS) is 21.7. The summed E-state index contributed by atoms with van der Waals surface area (Å²) in [5.74, 6) is 0.991. The molecule has 1 aromatic carbocycles. The number of benzene rings is 1. The van der Waals surface area contributed by atoms with Gasteiger partial charge in [-0.25, -0.2) is 0 Å². The SMILES string of the molecule is CCCCC1CCCN(Cc2ccccc2)CC1. The van der Waals surface area contributed by atoms with Gasteiger partial charge in [0.2, 0.25) is 0 Å². The van der Waals surface area contributed by atoms with Crippen LogP contribution in [0.4, 0.5) is 0 Å². The molecule has 1 heterocycles. The number of likely N-dealkylation sites (tertiary alicyclic amines) is 1. The van der Waals surface area contributed by atoms with Crippen molar-refractivity contribution in [1.29, 1.82) is 0 Å². The molecule has 0 radical (unpaired) electrons. The summed E-state index contributed by atoms with van der Waals surface area (Å²) in [5.41, 5.74) is 1.46. The number of nitrogens with zero attached hydrogens (tertiary/aromatic N) is 1. The molecule has 100 valence electrons. The van der Waals surface area contributed by atoms with Gasteiger partial charge in [-0.2, -0.15) is 0 Å². The van der Waals surface area contributed by atoms with Gasteiger partial charge in [-0.3, -0.25) is 4.90 Å². The standard InChI is InChI=1S/C17H27N/c1-2-3-8-16-11-7-13-18(14-12-16)15-17-9-5-4-6-10-17/h4-6,9-10,16H,2-3,7-8,11-15H2,1H3. The summed E-state index contributed by atoms with van der Waals surface area (Å²) in [5, 5.41) is 0. The average Bonchev–Trinajstić information content (AvgIpc) is 2.63. The lowest BCUT2D eigenvalue weighted by molar-refractivity contribution is 0.271. The van der Waals surface area contributed by atoms with E-state index in [-0.39, 0.29) is 0 Å². The summed E-state index contributed by atoms with van der Waals surface area (Å²) in [6.07, 6.45) is 8.47. The first-order chi connectivity index (χ1) is 8.88. The highest BCUT2D eigenvalue weighted by Crippen LogP contribution is 2.23. The summed E-state index contributed by atoms with van der Waals surface area (Å²) in [4.78, 5) is 2.64. The van der Waals surface area contributed by atoms with Gasteiger partial charge in [-0.15, -0.1) is 0 Å². The number of hydrogen-bond acceptors (Lipinski definition) is 1. The van der Waals surface area contributed by atoms with E-state index in [9.17, 15) is 0 Å². The van der Waals surface area contributed by atoms with Crippen LogP contribution in [-0.4, -0.2) is 18.0 Å². The number of unbranched alkanes of at least 4 members (excludes halogenated alkanes) is 1. The largest absolute Gasteiger partial charge is 0.299 e. The molecular formula is C17H27N. The third-order valence-corrected chi connectivity index (χ3v) is 4.16. The minimum atomic E-state index is 0.991. The monoisotopic (exact) mass is 245 g/mol. The van der Waals surface area contributed by atoms with Crippen molar-refractivity contribution in [1.82, 2.24) is 4.90 Å². The van der Waals surface area contributed by atoms with Gasteiger partial charge in [-0.1, -0.05) is 56.5 Å². The molecule has 0 spiro atoms. The van der Waals surface area contributed by atoms with E-state index >= 15 is 0 Å². The summed E-state index contributed by atoms with van der Waals surface area (Å²) >= 11 is 0. The van der Waals surface area contributed by atoms with Crippen LogP contribution in [-0.2, 0) is 6.54 Å². The predicted molar refractivity (Wildman–Crippen MR) is 78.6 cm³/mol. The van der Waals surface area contributed by atoms with Gasteiger partial charge in [0, 0.05) is 6.54 Å². The van der Waals surface area contributed by atoms with Crippen molar-refractivity contribution in [3.8, 4) is 0 Å². The van der Waals surface area contributed by atoms with Gasteiger partial charge in [0.05, 0.1) is 0 Å². The van der Waals surface area contributed by atoms with Crippen LogP contribution in [0.25, 0.3) is 0 Å². The van der Waals surface area contributed by atoms with Crippen LogP contribution in [0, 0.1) is 5.92 Å². The quantitative estimate of drug-likeness (QED) is 0.739. The van der Waals surface area contributed by atoms with E-state index < -0.39 is 0 Å².